The maximum atomic E-state index is 13.9. The maximum Gasteiger partial charge on any atom is 0.129 e. The number of halogens is 4. The van der Waals surface area contributed by atoms with E-state index < -0.39 is 17.8 Å². The Labute approximate surface area is 140 Å². The summed E-state index contributed by atoms with van der Waals surface area (Å²) in [4.78, 5) is 0. The molecule has 0 fully saturated rings. The molecule has 0 aliphatic carbocycles. The van der Waals surface area contributed by atoms with Crippen LogP contribution in [0.15, 0.2) is 40.9 Å². The van der Waals surface area contributed by atoms with E-state index in [9.17, 15) is 9.50 Å². The molecule has 0 saturated heterocycles. The summed E-state index contributed by atoms with van der Waals surface area (Å²) in [5, 5.41) is 11.3. The van der Waals surface area contributed by atoms with E-state index in [0.717, 1.165) is 0 Å². The van der Waals surface area contributed by atoms with Crippen molar-refractivity contribution < 1.29 is 9.50 Å². The van der Waals surface area contributed by atoms with Gasteiger partial charge >= 0.3 is 0 Å². The molecule has 2 nitrogen and oxygen atoms in total. The Balaban J connectivity index is 2.48. The van der Waals surface area contributed by atoms with Crippen molar-refractivity contribution in [1.29, 1.82) is 0 Å². The van der Waals surface area contributed by atoms with E-state index in [1.165, 1.54) is 12.1 Å². The van der Waals surface area contributed by atoms with Gasteiger partial charge in [-0.1, -0.05) is 45.2 Å². The molecule has 0 spiro atoms. The first-order valence-corrected chi connectivity index (χ1v) is 7.77. The molecule has 0 amide bonds. The van der Waals surface area contributed by atoms with E-state index >= 15 is 0 Å². The van der Waals surface area contributed by atoms with Crippen LogP contribution in [0, 0.1) is 5.82 Å². The first-order chi connectivity index (χ1) is 9.95. The molecule has 0 aromatic heterocycles. The molecule has 2 rings (SSSR count). The van der Waals surface area contributed by atoms with Crippen LogP contribution >= 0.6 is 39.1 Å². The van der Waals surface area contributed by atoms with Crippen LogP contribution < -0.4 is 5.73 Å². The summed E-state index contributed by atoms with van der Waals surface area (Å²) in [5.74, 6) is -1.11. The smallest absolute Gasteiger partial charge is 0.129 e. The van der Waals surface area contributed by atoms with Crippen molar-refractivity contribution in [3.05, 3.63) is 67.9 Å². The average Bonchev–Trinajstić information content (AvgIpc) is 2.45. The SMILES string of the molecule is NCC(c1c(Cl)cccc1Cl)C(O)c1cc(Br)ccc1F. The molecule has 21 heavy (non-hydrogen) atoms. The Kier molecular flexibility index (Phi) is 5.63. The van der Waals surface area contributed by atoms with Gasteiger partial charge in [0.2, 0.25) is 0 Å². The molecule has 0 bridgehead atoms. The lowest BCUT2D eigenvalue weighted by Crippen LogP contribution is -2.21. The number of nitrogens with two attached hydrogens (primary N) is 1. The lowest BCUT2D eigenvalue weighted by molar-refractivity contribution is 0.143. The van der Waals surface area contributed by atoms with Crippen LogP contribution in [-0.4, -0.2) is 11.7 Å². The second kappa shape index (κ2) is 7.07. The highest BCUT2D eigenvalue weighted by Crippen LogP contribution is 2.39. The Hall–Kier alpha value is -0.650. The highest BCUT2D eigenvalue weighted by atomic mass is 79.9. The summed E-state index contributed by atoms with van der Waals surface area (Å²) in [7, 11) is 0. The quantitative estimate of drug-likeness (QED) is 0.793. The van der Waals surface area contributed by atoms with Crippen LogP contribution in [0.4, 0.5) is 4.39 Å². The molecular formula is C15H13BrCl2FNO. The van der Waals surface area contributed by atoms with Gasteiger partial charge in [0.15, 0.2) is 0 Å². The molecule has 2 unspecified atom stereocenters. The second-order valence-corrected chi connectivity index (χ2v) is 6.32. The molecule has 112 valence electrons. The second-order valence-electron chi connectivity index (χ2n) is 4.59. The minimum atomic E-state index is -1.15. The standard InChI is InChI=1S/C15H13BrCl2FNO/c16-8-4-5-13(19)9(6-8)15(21)10(7-20)14-11(17)2-1-3-12(14)18/h1-6,10,15,21H,7,20H2. The Morgan fingerprint density at radius 3 is 2.38 bits per heavy atom. The number of hydrogen-bond donors (Lipinski definition) is 2. The summed E-state index contributed by atoms with van der Waals surface area (Å²) in [6.07, 6.45) is -1.15. The van der Waals surface area contributed by atoms with E-state index in [2.05, 4.69) is 15.9 Å². The van der Waals surface area contributed by atoms with Crippen molar-refractivity contribution >= 4 is 39.1 Å². The van der Waals surface area contributed by atoms with Crippen molar-refractivity contribution in [2.24, 2.45) is 5.73 Å². The summed E-state index contributed by atoms with van der Waals surface area (Å²) in [6.45, 7) is 0.0799. The van der Waals surface area contributed by atoms with Gasteiger partial charge in [0.1, 0.15) is 5.82 Å². The highest BCUT2D eigenvalue weighted by Gasteiger charge is 2.27. The predicted octanol–water partition coefficient (Wildman–Crippen LogP) is 4.67. The third-order valence-corrected chi connectivity index (χ3v) is 4.43. The molecule has 0 aliphatic rings. The van der Waals surface area contributed by atoms with Crippen LogP contribution in [0.5, 0.6) is 0 Å². The van der Waals surface area contributed by atoms with E-state index in [1.807, 2.05) is 0 Å². The van der Waals surface area contributed by atoms with Crippen molar-refractivity contribution in [2.45, 2.75) is 12.0 Å². The maximum absolute atomic E-state index is 13.9. The third kappa shape index (κ3) is 3.58. The fraction of sp³-hybridized carbons (Fsp3) is 0.200. The number of rotatable bonds is 4. The molecule has 2 atom stereocenters. The first kappa shape index (κ1) is 16.7. The first-order valence-electron chi connectivity index (χ1n) is 6.22. The topological polar surface area (TPSA) is 46.2 Å². The monoisotopic (exact) mass is 391 g/mol. The van der Waals surface area contributed by atoms with Gasteiger partial charge in [0, 0.05) is 32.5 Å². The van der Waals surface area contributed by atoms with Gasteiger partial charge in [-0.3, -0.25) is 0 Å². The van der Waals surface area contributed by atoms with Gasteiger partial charge in [-0.25, -0.2) is 4.39 Å². The number of hydrogen-bond acceptors (Lipinski definition) is 2. The van der Waals surface area contributed by atoms with Crippen LogP contribution in [0.3, 0.4) is 0 Å². The number of benzene rings is 2. The summed E-state index contributed by atoms with van der Waals surface area (Å²) >= 11 is 15.6. The molecule has 0 aliphatic heterocycles. The minimum Gasteiger partial charge on any atom is -0.388 e. The third-order valence-electron chi connectivity index (χ3n) is 3.28. The number of aliphatic hydroxyl groups is 1. The highest BCUT2D eigenvalue weighted by molar-refractivity contribution is 9.10. The lowest BCUT2D eigenvalue weighted by Gasteiger charge is -2.24. The zero-order valence-corrected chi connectivity index (χ0v) is 14.0. The van der Waals surface area contributed by atoms with Gasteiger partial charge < -0.3 is 10.8 Å². The molecule has 0 heterocycles. The molecular weight excluding hydrogens is 380 g/mol. The molecule has 2 aromatic rings. The number of aliphatic hydroxyl groups excluding tert-OH is 1. The zero-order chi connectivity index (χ0) is 15.6. The van der Waals surface area contributed by atoms with Crippen molar-refractivity contribution in [1.82, 2.24) is 0 Å². The van der Waals surface area contributed by atoms with Crippen molar-refractivity contribution in [2.75, 3.05) is 6.54 Å². The zero-order valence-electron chi connectivity index (χ0n) is 10.9. The molecule has 0 radical (unpaired) electrons. The van der Waals surface area contributed by atoms with Crippen LogP contribution in [0.25, 0.3) is 0 Å². The van der Waals surface area contributed by atoms with E-state index in [1.54, 1.807) is 24.3 Å². The van der Waals surface area contributed by atoms with E-state index in [-0.39, 0.29) is 12.1 Å². The Morgan fingerprint density at radius 2 is 1.81 bits per heavy atom. The molecule has 0 saturated carbocycles. The normalized spacial score (nSPS) is 14.0. The van der Waals surface area contributed by atoms with Crippen LogP contribution in [-0.2, 0) is 0 Å². The van der Waals surface area contributed by atoms with E-state index in [4.69, 9.17) is 28.9 Å². The van der Waals surface area contributed by atoms with E-state index in [0.29, 0.717) is 20.1 Å². The lowest BCUT2D eigenvalue weighted by atomic mass is 9.89. The summed E-state index contributed by atoms with van der Waals surface area (Å²) < 4.78 is 14.6. The Morgan fingerprint density at radius 1 is 1.19 bits per heavy atom. The average molecular weight is 393 g/mol. The van der Waals surface area contributed by atoms with Gasteiger partial charge in [0.05, 0.1) is 6.10 Å². The van der Waals surface area contributed by atoms with Gasteiger partial charge in [0.25, 0.3) is 0 Å². The molecule has 3 N–H and O–H groups in total. The minimum absolute atomic E-state index is 0.0799. The van der Waals surface area contributed by atoms with Gasteiger partial charge in [-0.2, -0.15) is 0 Å². The van der Waals surface area contributed by atoms with Crippen molar-refractivity contribution in [3.8, 4) is 0 Å². The van der Waals surface area contributed by atoms with Crippen LogP contribution in [0.2, 0.25) is 10.0 Å². The molecule has 2 aromatic carbocycles. The Bertz CT molecular complexity index is 633. The van der Waals surface area contributed by atoms with Crippen molar-refractivity contribution in [3.63, 3.8) is 0 Å². The largest absolute Gasteiger partial charge is 0.388 e. The molecule has 6 heteroatoms. The summed E-state index contributed by atoms with van der Waals surface area (Å²) in [6, 6.07) is 9.39. The summed E-state index contributed by atoms with van der Waals surface area (Å²) in [5.41, 5.74) is 6.43. The predicted molar refractivity (Wildman–Crippen MR) is 87.3 cm³/mol. The van der Waals surface area contributed by atoms with Gasteiger partial charge in [-0.05, 0) is 35.9 Å². The fourth-order valence-electron chi connectivity index (χ4n) is 2.23. The van der Waals surface area contributed by atoms with Crippen LogP contribution in [0.1, 0.15) is 23.1 Å². The fourth-order valence-corrected chi connectivity index (χ4v) is 3.28. The van der Waals surface area contributed by atoms with Gasteiger partial charge in [-0.15, -0.1) is 0 Å².